The van der Waals surface area contributed by atoms with Crippen molar-refractivity contribution in [1.82, 2.24) is 9.88 Å². The number of thiazole rings is 1. The minimum atomic E-state index is 0.0967. The van der Waals surface area contributed by atoms with E-state index >= 15 is 0 Å². The number of amides is 1. The van der Waals surface area contributed by atoms with Gasteiger partial charge in [0.2, 0.25) is 0 Å². The normalized spacial score (nSPS) is 18.5. The summed E-state index contributed by atoms with van der Waals surface area (Å²) in [6.45, 7) is 1.55. The van der Waals surface area contributed by atoms with Crippen molar-refractivity contribution < 1.29 is 4.79 Å². The topological polar surface area (TPSA) is 59.2 Å². The molecule has 0 aliphatic carbocycles. The van der Waals surface area contributed by atoms with Gasteiger partial charge in [-0.15, -0.1) is 11.3 Å². The van der Waals surface area contributed by atoms with E-state index in [1.807, 2.05) is 4.90 Å². The Morgan fingerprint density at radius 2 is 2.29 bits per heavy atom. The van der Waals surface area contributed by atoms with Crippen molar-refractivity contribution in [2.75, 3.05) is 13.1 Å². The molecule has 1 aliphatic heterocycles. The Morgan fingerprint density at radius 1 is 1.57 bits per heavy atom. The van der Waals surface area contributed by atoms with E-state index in [1.54, 1.807) is 11.7 Å². The van der Waals surface area contributed by atoms with Gasteiger partial charge in [-0.1, -0.05) is 0 Å². The smallest absolute Gasteiger partial charge is 0.265 e. The first-order valence-electron chi connectivity index (χ1n) is 4.70. The summed E-state index contributed by atoms with van der Waals surface area (Å²) in [7, 11) is 0. The first-order chi connectivity index (χ1) is 6.77. The van der Waals surface area contributed by atoms with Gasteiger partial charge in [-0.25, -0.2) is 0 Å². The molecule has 0 spiro atoms. The largest absolute Gasteiger partial charge is 0.338 e. The number of rotatable bonds is 1. The minimum Gasteiger partial charge on any atom is -0.338 e. The summed E-state index contributed by atoms with van der Waals surface area (Å²) >= 11 is 1.39. The SMILES string of the molecule is NC1CCN(C(=O)c2cncs2)CC1. The number of piperidine rings is 1. The molecule has 1 amide bonds. The van der Waals surface area contributed by atoms with Gasteiger partial charge in [-0.2, -0.15) is 0 Å². The number of likely N-dealkylation sites (tertiary alicyclic amines) is 1. The Bertz CT molecular complexity index is 304. The number of carbonyl (C=O) groups is 1. The van der Waals surface area contributed by atoms with Gasteiger partial charge in [0.15, 0.2) is 0 Å². The summed E-state index contributed by atoms with van der Waals surface area (Å²) in [5.41, 5.74) is 7.45. The van der Waals surface area contributed by atoms with E-state index in [-0.39, 0.29) is 11.9 Å². The van der Waals surface area contributed by atoms with Crippen LogP contribution >= 0.6 is 11.3 Å². The molecule has 76 valence electrons. The first-order valence-corrected chi connectivity index (χ1v) is 5.58. The van der Waals surface area contributed by atoms with Gasteiger partial charge in [-0.3, -0.25) is 9.78 Å². The van der Waals surface area contributed by atoms with Gasteiger partial charge in [0.25, 0.3) is 5.91 Å². The molecule has 0 bridgehead atoms. The van der Waals surface area contributed by atoms with Crippen molar-refractivity contribution >= 4 is 17.2 Å². The fourth-order valence-corrected chi connectivity index (χ4v) is 2.17. The molecular formula is C9H13N3OS. The van der Waals surface area contributed by atoms with Gasteiger partial charge in [0, 0.05) is 19.1 Å². The monoisotopic (exact) mass is 211 g/mol. The van der Waals surface area contributed by atoms with Crippen molar-refractivity contribution in [3.05, 3.63) is 16.6 Å². The van der Waals surface area contributed by atoms with Gasteiger partial charge < -0.3 is 10.6 Å². The van der Waals surface area contributed by atoms with Crippen LogP contribution in [0.4, 0.5) is 0 Å². The highest BCUT2D eigenvalue weighted by molar-refractivity contribution is 7.11. The van der Waals surface area contributed by atoms with Crippen molar-refractivity contribution in [2.24, 2.45) is 5.73 Å². The third kappa shape index (κ3) is 1.93. The number of nitrogens with two attached hydrogens (primary N) is 1. The summed E-state index contributed by atoms with van der Waals surface area (Å²) in [5.74, 6) is 0.0967. The fraction of sp³-hybridized carbons (Fsp3) is 0.556. The lowest BCUT2D eigenvalue weighted by Crippen LogP contribution is -2.42. The Labute approximate surface area is 86.7 Å². The minimum absolute atomic E-state index is 0.0967. The lowest BCUT2D eigenvalue weighted by molar-refractivity contribution is 0.0719. The summed E-state index contributed by atoms with van der Waals surface area (Å²) < 4.78 is 0. The molecule has 0 atom stereocenters. The maximum atomic E-state index is 11.8. The van der Waals surface area contributed by atoms with E-state index in [2.05, 4.69) is 4.98 Å². The third-order valence-electron chi connectivity index (χ3n) is 2.47. The van der Waals surface area contributed by atoms with Crippen LogP contribution in [0.15, 0.2) is 11.7 Å². The lowest BCUT2D eigenvalue weighted by Gasteiger charge is -2.29. The molecule has 0 radical (unpaired) electrons. The number of hydrogen-bond acceptors (Lipinski definition) is 4. The molecule has 2 rings (SSSR count). The summed E-state index contributed by atoms with van der Waals surface area (Å²) in [5, 5.41) is 0. The van der Waals surface area contributed by atoms with Crippen LogP contribution in [-0.2, 0) is 0 Å². The molecule has 0 unspecified atom stereocenters. The van der Waals surface area contributed by atoms with E-state index < -0.39 is 0 Å². The highest BCUT2D eigenvalue weighted by Crippen LogP contribution is 2.14. The van der Waals surface area contributed by atoms with Gasteiger partial charge in [0.1, 0.15) is 4.88 Å². The van der Waals surface area contributed by atoms with Crippen LogP contribution < -0.4 is 5.73 Å². The highest BCUT2D eigenvalue weighted by atomic mass is 32.1. The second-order valence-corrected chi connectivity index (χ2v) is 4.38. The van der Waals surface area contributed by atoms with Gasteiger partial charge in [-0.05, 0) is 12.8 Å². The molecule has 14 heavy (non-hydrogen) atoms. The molecule has 2 heterocycles. The van der Waals surface area contributed by atoms with E-state index in [0.717, 1.165) is 30.8 Å². The molecule has 1 saturated heterocycles. The fourth-order valence-electron chi connectivity index (χ4n) is 1.58. The highest BCUT2D eigenvalue weighted by Gasteiger charge is 2.22. The Hall–Kier alpha value is -0.940. The maximum absolute atomic E-state index is 11.8. The second-order valence-electron chi connectivity index (χ2n) is 3.50. The molecule has 1 aromatic rings. The Balaban J connectivity index is 1.99. The van der Waals surface area contributed by atoms with E-state index in [9.17, 15) is 4.79 Å². The molecule has 0 aromatic carbocycles. The second kappa shape index (κ2) is 4.06. The Morgan fingerprint density at radius 3 is 2.86 bits per heavy atom. The predicted molar refractivity (Wildman–Crippen MR) is 55.2 cm³/mol. The number of nitrogens with zero attached hydrogens (tertiary/aromatic N) is 2. The van der Waals surface area contributed by atoms with Crippen molar-refractivity contribution in [3.8, 4) is 0 Å². The van der Waals surface area contributed by atoms with Crippen LogP contribution in [0.2, 0.25) is 0 Å². The summed E-state index contributed by atoms with van der Waals surface area (Å²) in [6, 6.07) is 0.264. The van der Waals surface area contributed by atoms with Gasteiger partial charge >= 0.3 is 0 Å². The molecule has 5 heteroatoms. The molecule has 4 nitrogen and oxygen atoms in total. The van der Waals surface area contributed by atoms with Crippen LogP contribution in [0.3, 0.4) is 0 Å². The van der Waals surface area contributed by atoms with Crippen molar-refractivity contribution in [3.63, 3.8) is 0 Å². The standard InChI is InChI=1S/C9H13N3OS/c10-7-1-3-12(4-2-7)9(13)8-5-11-6-14-8/h5-7H,1-4,10H2. The number of carbonyl (C=O) groups excluding carboxylic acids is 1. The molecule has 1 aromatic heterocycles. The van der Waals surface area contributed by atoms with Crippen molar-refractivity contribution in [2.45, 2.75) is 18.9 Å². The zero-order valence-electron chi connectivity index (χ0n) is 7.85. The quantitative estimate of drug-likeness (QED) is 0.744. The Kier molecular flexibility index (Phi) is 2.79. The van der Waals surface area contributed by atoms with Crippen LogP contribution in [0.5, 0.6) is 0 Å². The average Bonchev–Trinajstić information content (AvgIpc) is 2.71. The third-order valence-corrected chi connectivity index (χ3v) is 3.23. The van der Waals surface area contributed by atoms with Crippen LogP contribution in [0.25, 0.3) is 0 Å². The number of hydrogen-bond donors (Lipinski definition) is 1. The van der Waals surface area contributed by atoms with E-state index in [4.69, 9.17) is 5.73 Å². The van der Waals surface area contributed by atoms with E-state index in [1.165, 1.54) is 11.3 Å². The first kappa shape index (κ1) is 9.61. The zero-order valence-corrected chi connectivity index (χ0v) is 8.67. The lowest BCUT2D eigenvalue weighted by atomic mass is 10.1. The van der Waals surface area contributed by atoms with Crippen LogP contribution in [0, 0.1) is 0 Å². The number of aromatic nitrogens is 1. The average molecular weight is 211 g/mol. The van der Waals surface area contributed by atoms with Gasteiger partial charge in [0.05, 0.1) is 11.7 Å². The molecule has 1 aliphatic rings. The predicted octanol–water partition coefficient (Wildman–Crippen LogP) is 0.706. The molecule has 2 N–H and O–H groups in total. The van der Waals surface area contributed by atoms with Crippen LogP contribution in [-0.4, -0.2) is 34.9 Å². The molecule has 0 saturated carbocycles. The summed E-state index contributed by atoms with van der Waals surface area (Å²) in [6.07, 6.45) is 3.44. The summed E-state index contributed by atoms with van der Waals surface area (Å²) in [4.78, 5) is 18.3. The van der Waals surface area contributed by atoms with Crippen LogP contribution in [0.1, 0.15) is 22.5 Å². The van der Waals surface area contributed by atoms with E-state index in [0.29, 0.717) is 0 Å². The van der Waals surface area contributed by atoms with Crippen molar-refractivity contribution in [1.29, 1.82) is 0 Å². The molecular weight excluding hydrogens is 198 g/mol. The molecule has 1 fully saturated rings. The zero-order chi connectivity index (χ0) is 9.97. The maximum Gasteiger partial charge on any atom is 0.265 e.